The van der Waals surface area contributed by atoms with Crippen molar-refractivity contribution in [2.45, 2.75) is 13.2 Å². The monoisotopic (exact) mass is 474 g/mol. The van der Waals surface area contributed by atoms with Gasteiger partial charge in [0, 0.05) is 33.3 Å². The third-order valence-electron chi connectivity index (χ3n) is 3.74. The second kappa shape index (κ2) is 11.7. The van der Waals surface area contributed by atoms with Crippen LogP contribution < -0.4 is 10.1 Å². The lowest BCUT2D eigenvalue weighted by Gasteiger charge is -2.21. The van der Waals surface area contributed by atoms with Gasteiger partial charge in [0.15, 0.2) is 5.96 Å². The lowest BCUT2D eigenvalue weighted by atomic mass is 10.2. The number of halogens is 1. The van der Waals surface area contributed by atoms with Crippen molar-refractivity contribution in [3.63, 3.8) is 0 Å². The Kier molecular flexibility index (Phi) is 9.96. The second-order valence-corrected chi connectivity index (χ2v) is 5.49. The first-order valence-corrected chi connectivity index (χ1v) is 8.10. The first-order chi connectivity index (χ1) is 12.2. The molecular formula is C17H27IN6O2. The van der Waals surface area contributed by atoms with Crippen molar-refractivity contribution in [1.29, 1.82) is 0 Å². The third-order valence-corrected chi connectivity index (χ3v) is 3.74. The van der Waals surface area contributed by atoms with Crippen molar-refractivity contribution < 1.29 is 9.47 Å². The molecule has 0 unspecified atom stereocenters. The topological polar surface area (TPSA) is 76.8 Å². The fraction of sp³-hybridized carbons (Fsp3) is 0.471. The lowest BCUT2D eigenvalue weighted by molar-refractivity contribution is 0.123. The number of hydrogen-bond acceptors (Lipinski definition) is 5. The van der Waals surface area contributed by atoms with Crippen LogP contribution in [-0.2, 0) is 24.9 Å². The highest BCUT2D eigenvalue weighted by Crippen LogP contribution is 2.17. The van der Waals surface area contributed by atoms with E-state index >= 15 is 0 Å². The van der Waals surface area contributed by atoms with Crippen LogP contribution in [0, 0.1) is 0 Å². The largest absolute Gasteiger partial charge is 0.496 e. The molecule has 1 N–H and O–H groups in total. The molecule has 0 bridgehead atoms. The third kappa shape index (κ3) is 6.45. The summed E-state index contributed by atoms with van der Waals surface area (Å²) in [5.74, 6) is 2.50. The molecule has 0 radical (unpaired) electrons. The van der Waals surface area contributed by atoms with Crippen LogP contribution in [0.2, 0.25) is 0 Å². The number of benzene rings is 1. The Hall–Kier alpha value is -1.88. The first-order valence-electron chi connectivity index (χ1n) is 8.10. The van der Waals surface area contributed by atoms with Crippen molar-refractivity contribution in [1.82, 2.24) is 25.0 Å². The zero-order valence-corrected chi connectivity index (χ0v) is 18.0. The van der Waals surface area contributed by atoms with Gasteiger partial charge in [0.1, 0.15) is 17.9 Å². The van der Waals surface area contributed by atoms with Gasteiger partial charge in [-0.2, -0.15) is 5.10 Å². The number of aliphatic imine (C=N–C) groups is 1. The van der Waals surface area contributed by atoms with Crippen LogP contribution in [0.3, 0.4) is 0 Å². The Labute approximate surface area is 171 Å². The van der Waals surface area contributed by atoms with E-state index in [0.29, 0.717) is 26.3 Å². The highest BCUT2D eigenvalue weighted by atomic mass is 127. The second-order valence-electron chi connectivity index (χ2n) is 5.49. The summed E-state index contributed by atoms with van der Waals surface area (Å²) in [4.78, 5) is 10.5. The number of methoxy groups -OCH3 is 1. The average Bonchev–Trinajstić information content (AvgIpc) is 3.03. The van der Waals surface area contributed by atoms with Crippen LogP contribution in [0.1, 0.15) is 11.4 Å². The van der Waals surface area contributed by atoms with Crippen LogP contribution in [-0.4, -0.2) is 60.0 Å². The highest BCUT2D eigenvalue weighted by Gasteiger charge is 2.09. The van der Waals surface area contributed by atoms with Gasteiger partial charge < -0.3 is 19.7 Å². The Morgan fingerprint density at radius 2 is 2.12 bits per heavy atom. The van der Waals surface area contributed by atoms with Crippen molar-refractivity contribution >= 4 is 29.9 Å². The number of aryl methyl sites for hydroxylation is 1. The fourth-order valence-corrected chi connectivity index (χ4v) is 2.37. The maximum Gasteiger partial charge on any atom is 0.193 e. The quantitative estimate of drug-likeness (QED) is 0.272. The number of nitrogens with one attached hydrogen (secondary N) is 1. The van der Waals surface area contributed by atoms with Gasteiger partial charge in [-0.1, -0.05) is 18.2 Å². The molecule has 2 aromatic rings. The van der Waals surface area contributed by atoms with Gasteiger partial charge in [0.05, 0.1) is 26.9 Å². The van der Waals surface area contributed by atoms with Crippen molar-refractivity contribution in [2.24, 2.45) is 12.0 Å². The van der Waals surface area contributed by atoms with Crippen molar-refractivity contribution in [3.8, 4) is 5.75 Å². The van der Waals surface area contributed by atoms with Gasteiger partial charge in [-0.3, -0.25) is 9.67 Å². The average molecular weight is 474 g/mol. The maximum absolute atomic E-state index is 5.72. The zero-order chi connectivity index (χ0) is 18.1. The molecule has 0 saturated carbocycles. The summed E-state index contributed by atoms with van der Waals surface area (Å²) in [7, 11) is 7.25. The van der Waals surface area contributed by atoms with Gasteiger partial charge in [-0.15, -0.1) is 24.0 Å². The Bertz CT molecular complexity index is 691. The molecule has 0 amide bonds. The molecular weight excluding hydrogens is 447 g/mol. The summed E-state index contributed by atoms with van der Waals surface area (Å²) in [6, 6.07) is 7.85. The number of para-hydroxylation sites is 1. The standard InChI is InChI=1S/C17H26N6O2.HI/c1-18-17(22(2)11-16-20-13-21-23(16)3)19-9-10-25-12-14-7-5-6-8-15(14)24-4;/h5-8,13H,9-12H2,1-4H3,(H,18,19);1H. The minimum atomic E-state index is 0. The summed E-state index contributed by atoms with van der Waals surface area (Å²) in [5.41, 5.74) is 1.04. The molecule has 144 valence electrons. The van der Waals surface area contributed by atoms with Gasteiger partial charge in [-0.25, -0.2) is 4.98 Å². The highest BCUT2D eigenvalue weighted by molar-refractivity contribution is 14.0. The maximum atomic E-state index is 5.72. The van der Waals surface area contributed by atoms with Crippen molar-refractivity contribution in [2.75, 3.05) is 34.4 Å². The number of ether oxygens (including phenoxy) is 2. The van der Waals surface area contributed by atoms with E-state index < -0.39 is 0 Å². The molecule has 0 atom stereocenters. The van der Waals surface area contributed by atoms with Crippen LogP contribution in [0.5, 0.6) is 5.75 Å². The minimum absolute atomic E-state index is 0. The number of nitrogens with zero attached hydrogens (tertiary/aromatic N) is 5. The molecule has 1 aromatic carbocycles. The number of rotatable bonds is 8. The molecule has 0 spiro atoms. The van der Waals surface area contributed by atoms with Crippen LogP contribution in [0.15, 0.2) is 35.6 Å². The summed E-state index contributed by atoms with van der Waals surface area (Å²) in [6.07, 6.45) is 1.55. The van der Waals surface area contributed by atoms with E-state index in [0.717, 1.165) is 23.1 Å². The summed E-state index contributed by atoms with van der Waals surface area (Å²) >= 11 is 0. The number of guanidine groups is 1. The first kappa shape index (κ1) is 22.2. The van der Waals surface area contributed by atoms with E-state index in [4.69, 9.17) is 9.47 Å². The SMILES string of the molecule is CN=C(NCCOCc1ccccc1OC)N(C)Cc1ncnn1C.I. The molecule has 0 fully saturated rings. The molecule has 0 aliphatic carbocycles. The van der Waals surface area contributed by atoms with Gasteiger partial charge >= 0.3 is 0 Å². The van der Waals surface area contributed by atoms with Crippen LogP contribution >= 0.6 is 24.0 Å². The molecule has 8 nitrogen and oxygen atoms in total. The van der Waals surface area contributed by atoms with E-state index in [1.807, 2.05) is 43.3 Å². The zero-order valence-electron chi connectivity index (χ0n) is 15.7. The smallest absolute Gasteiger partial charge is 0.193 e. The normalized spacial score (nSPS) is 11.0. The van der Waals surface area contributed by atoms with Gasteiger partial charge in [0.2, 0.25) is 0 Å². The molecule has 2 rings (SSSR count). The van der Waals surface area contributed by atoms with E-state index in [1.165, 1.54) is 0 Å². The Morgan fingerprint density at radius 1 is 1.35 bits per heavy atom. The van der Waals surface area contributed by atoms with Crippen LogP contribution in [0.4, 0.5) is 0 Å². The molecule has 1 aromatic heterocycles. The van der Waals surface area contributed by atoms with E-state index in [1.54, 1.807) is 25.2 Å². The van der Waals surface area contributed by atoms with E-state index in [-0.39, 0.29) is 24.0 Å². The van der Waals surface area contributed by atoms with Crippen molar-refractivity contribution in [3.05, 3.63) is 42.0 Å². The van der Waals surface area contributed by atoms with Crippen LogP contribution in [0.25, 0.3) is 0 Å². The van der Waals surface area contributed by atoms with Gasteiger partial charge in [-0.05, 0) is 6.07 Å². The Morgan fingerprint density at radius 3 is 2.77 bits per heavy atom. The molecule has 0 saturated heterocycles. The number of aromatic nitrogens is 3. The summed E-state index contributed by atoms with van der Waals surface area (Å²) in [5, 5.41) is 7.35. The molecule has 0 aliphatic heterocycles. The van der Waals surface area contributed by atoms with E-state index in [9.17, 15) is 0 Å². The minimum Gasteiger partial charge on any atom is -0.496 e. The molecule has 0 aliphatic rings. The van der Waals surface area contributed by atoms with E-state index in [2.05, 4.69) is 20.4 Å². The molecule has 9 heteroatoms. The predicted molar refractivity (Wildman–Crippen MR) is 112 cm³/mol. The molecule has 26 heavy (non-hydrogen) atoms. The summed E-state index contributed by atoms with van der Waals surface area (Å²) < 4.78 is 12.8. The van der Waals surface area contributed by atoms with Gasteiger partial charge in [0.25, 0.3) is 0 Å². The Balaban J connectivity index is 0.00000338. The number of hydrogen-bond donors (Lipinski definition) is 1. The fourth-order valence-electron chi connectivity index (χ4n) is 2.37. The molecule has 1 heterocycles. The predicted octanol–water partition coefficient (Wildman–Crippen LogP) is 1.67. The summed E-state index contributed by atoms with van der Waals surface area (Å²) in [6.45, 7) is 2.36. The lowest BCUT2D eigenvalue weighted by Crippen LogP contribution is -2.40.